The second kappa shape index (κ2) is 6.03. The van der Waals surface area contributed by atoms with Crippen LogP contribution in [0.4, 0.5) is 24.5 Å². The molecule has 2 aromatic rings. The summed E-state index contributed by atoms with van der Waals surface area (Å²) in [7, 11) is 0. The quantitative estimate of drug-likeness (QED) is 0.859. The van der Waals surface area contributed by atoms with E-state index in [4.69, 9.17) is 16.3 Å². The predicted octanol–water partition coefficient (Wildman–Crippen LogP) is 3.75. The fourth-order valence-electron chi connectivity index (χ4n) is 2.89. The number of anilines is 2. The number of H-pyrrole nitrogens is 1. The molecule has 0 amide bonds. The van der Waals surface area contributed by atoms with Crippen molar-refractivity contribution in [2.24, 2.45) is 0 Å². The van der Waals surface area contributed by atoms with Crippen LogP contribution in [0.15, 0.2) is 29.3 Å². The number of ether oxygens (including phenoxy) is 1. The molecule has 1 aliphatic heterocycles. The van der Waals surface area contributed by atoms with E-state index in [0.717, 1.165) is 6.33 Å². The van der Waals surface area contributed by atoms with Crippen molar-refractivity contribution in [3.05, 3.63) is 51.2 Å². The number of hydrogen-bond donors (Lipinski definition) is 2. The zero-order chi connectivity index (χ0) is 18.4. The Balaban J connectivity index is 2.37. The molecule has 9 heteroatoms. The first-order valence-electron chi connectivity index (χ1n) is 7.50. The van der Waals surface area contributed by atoms with Crippen molar-refractivity contribution in [1.82, 2.24) is 9.97 Å². The Morgan fingerprint density at radius 3 is 2.72 bits per heavy atom. The van der Waals surface area contributed by atoms with E-state index >= 15 is 0 Å². The van der Waals surface area contributed by atoms with Gasteiger partial charge in [0.05, 0.1) is 24.7 Å². The standard InChI is InChI=1S/C16H15ClF3N3O2/c1-8(2)25-6-15(16(18,19)20)10-5-9(17)3-4-11(10)23-12-13(15)21-7-22-14(12)24/h3-5,7-8,23H,6H2,1-2H3,(H,21,22,24). The average molecular weight is 374 g/mol. The summed E-state index contributed by atoms with van der Waals surface area (Å²) < 4.78 is 48.5. The highest BCUT2D eigenvalue weighted by molar-refractivity contribution is 6.30. The van der Waals surface area contributed by atoms with Gasteiger partial charge in [-0.05, 0) is 32.0 Å². The SMILES string of the molecule is CC(C)OCC1(C(F)(F)F)c2cc(Cl)ccc2Nc2c1nc[nH]c2=O. The molecular weight excluding hydrogens is 359 g/mol. The molecule has 25 heavy (non-hydrogen) atoms. The Bertz CT molecular complexity index is 866. The van der Waals surface area contributed by atoms with Gasteiger partial charge in [-0.3, -0.25) is 4.79 Å². The number of hydrogen-bond acceptors (Lipinski definition) is 4. The molecule has 0 spiro atoms. The van der Waals surface area contributed by atoms with Crippen LogP contribution in [-0.4, -0.2) is 28.9 Å². The van der Waals surface area contributed by atoms with Gasteiger partial charge in [0.2, 0.25) is 0 Å². The Hall–Kier alpha value is -2.06. The van der Waals surface area contributed by atoms with Crippen LogP contribution in [0.5, 0.6) is 0 Å². The minimum absolute atomic E-state index is 0.126. The normalized spacial score (nSPS) is 19.3. The summed E-state index contributed by atoms with van der Waals surface area (Å²) in [5.74, 6) is 0. The molecule has 1 unspecified atom stereocenters. The smallest absolute Gasteiger partial charge is 0.377 e. The molecule has 0 saturated heterocycles. The molecule has 3 rings (SSSR count). The van der Waals surface area contributed by atoms with Crippen LogP contribution in [0, 0.1) is 0 Å². The van der Waals surface area contributed by atoms with Gasteiger partial charge in [0.1, 0.15) is 5.69 Å². The fraction of sp³-hybridized carbons (Fsp3) is 0.375. The van der Waals surface area contributed by atoms with E-state index in [0.29, 0.717) is 0 Å². The van der Waals surface area contributed by atoms with E-state index in [1.165, 1.54) is 18.2 Å². The third-order valence-electron chi connectivity index (χ3n) is 4.08. The number of rotatable bonds is 3. The number of alkyl halides is 3. The summed E-state index contributed by atoms with van der Waals surface area (Å²) in [6.07, 6.45) is -4.25. The van der Waals surface area contributed by atoms with E-state index < -0.39 is 35.6 Å². The van der Waals surface area contributed by atoms with Gasteiger partial charge < -0.3 is 15.0 Å². The van der Waals surface area contributed by atoms with Crippen LogP contribution in [0.1, 0.15) is 25.1 Å². The Labute approximate surface area is 146 Å². The molecule has 2 heterocycles. The molecule has 134 valence electrons. The lowest BCUT2D eigenvalue weighted by molar-refractivity contribution is -0.196. The molecule has 5 nitrogen and oxygen atoms in total. The summed E-state index contributed by atoms with van der Waals surface area (Å²) in [5.41, 5.74) is -3.96. The summed E-state index contributed by atoms with van der Waals surface area (Å²) in [5, 5.41) is 2.88. The molecule has 1 aromatic carbocycles. The van der Waals surface area contributed by atoms with Crippen molar-refractivity contribution < 1.29 is 17.9 Å². The van der Waals surface area contributed by atoms with Gasteiger partial charge in [0.15, 0.2) is 5.41 Å². The highest BCUT2D eigenvalue weighted by atomic mass is 35.5. The van der Waals surface area contributed by atoms with Gasteiger partial charge in [0.25, 0.3) is 5.56 Å². The summed E-state index contributed by atoms with van der Waals surface area (Å²) in [4.78, 5) is 18.2. The minimum Gasteiger partial charge on any atom is -0.377 e. The van der Waals surface area contributed by atoms with Crippen LogP contribution in [0.2, 0.25) is 5.02 Å². The minimum atomic E-state index is -4.76. The summed E-state index contributed by atoms with van der Waals surface area (Å²) >= 11 is 5.95. The third kappa shape index (κ3) is 2.79. The molecule has 0 bridgehead atoms. The van der Waals surface area contributed by atoms with E-state index in [9.17, 15) is 18.0 Å². The van der Waals surface area contributed by atoms with Gasteiger partial charge in [-0.25, -0.2) is 4.98 Å². The second-order valence-corrected chi connectivity index (χ2v) is 6.47. The van der Waals surface area contributed by atoms with Crippen LogP contribution in [-0.2, 0) is 10.2 Å². The first kappa shape index (κ1) is 17.8. The van der Waals surface area contributed by atoms with E-state index in [-0.39, 0.29) is 22.0 Å². The fourth-order valence-corrected chi connectivity index (χ4v) is 3.06. The lowest BCUT2D eigenvalue weighted by atomic mass is 9.73. The van der Waals surface area contributed by atoms with Gasteiger partial charge >= 0.3 is 6.18 Å². The molecule has 2 N–H and O–H groups in total. The van der Waals surface area contributed by atoms with Crippen LogP contribution >= 0.6 is 11.6 Å². The number of aromatic nitrogens is 2. The zero-order valence-electron chi connectivity index (χ0n) is 13.4. The van der Waals surface area contributed by atoms with Crippen LogP contribution in [0.25, 0.3) is 0 Å². The lowest BCUT2D eigenvalue weighted by Crippen LogP contribution is -2.51. The maximum absolute atomic E-state index is 14.4. The number of halogens is 4. The van der Waals surface area contributed by atoms with Crippen molar-refractivity contribution >= 4 is 23.0 Å². The van der Waals surface area contributed by atoms with E-state index in [1.54, 1.807) is 13.8 Å². The Morgan fingerprint density at radius 2 is 2.08 bits per heavy atom. The van der Waals surface area contributed by atoms with E-state index in [2.05, 4.69) is 15.3 Å². The summed E-state index contributed by atoms with van der Waals surface area (Å²) in [6, 6.07) is 4.09. The van der Waals surface area contributed by atoms with Crippen molar-refractivity contribution in [2.75, 3.05) is 11.9 Å². The first-order valence-corrected chi connectivity index (χ1v) is 7.88. The second-order valence-electron chi connectivity index (χ2n) is 6.03. The van der Waals surface area contributed by atoms with Crippen LogP contribution in [0.3, 0.4) is 0 Å². The maximum Gasteiger partial charge on any atom is 0.406 e. The van der Waals surface area contributed by atoms with Gasteiger partial charge in [-0.1, -0.05) is 11.6 Å². The molecule has 1 aromatic heterocycles. The third-order valence-corrected chi connectivity index (χ3v) is 4.31. The average Bonchev–Trinajstić information content (AvgIpc) is 2.51. The summed E-state index contributed by atoms with van der Waals surface area (Å²) in [6.45, 7) is 2.55. The number of aromatic amines is 1. The highest BCUT2D eigenvalue weighted by Gasteiger charge is 2.62. The van der Waals surface area contributed by atoms with Gasteiger partial charge in [0, 0.05) is 16.3 Å². The van der Waals surface area contributed by atoms with E-state index in [1.807, 2.05) is 0 Å². The molecular formula is C16H15ClF3N3O2. The number of benzene rings is 1. The number of nitrogens with zero attached hydrogens (tertiary/aromatic N) is 1. The monoisotopic (exact) mass is 373 g/mol. The van der Waals surface area contributed by atoms with Crippen molar-refractivity contribution in [1.29, 1.82) is 0 Å². The maximum atomic E-state index is 14.4. The molecule has 0 fully saturated rings. The Kier molecular flexibility index (Phi) is 4.28. The molecule has 1 aliphatic rings. The number of nitrogens with one attached hydrogen (secondary N) is 2. The first-order chi connectivity index (χ1) is 11.7. The largest absolute Gasteiger partial charge is 0.406 e. The van der Waals surface area contributed by atoms with Gasteiger partial charge in [-0.2, -0.15) is 13.2 Å². The van der Waals surface area contributed by atoms with Crippen LogP contribution < -0.4 is 10.9 Å². The lowest BCUT2D eigenvalue weighted by Gasteiger charge is -2.40. The highest BCUT2D eigenvalue weighted by Crippen LogP contribution is 2.53. The zero-order valence-corrected chi connectivity index (χ0v) is 14.1. The predicted molar refractivity (Wildman–Crippen MR) is 87.5 cm³/mol. The molecule has 1 atom stereocenters. The van der Waals surface area contributed by atoms with Gasteiger partial charge in [-0.15, -0.1) is 0 Å². The molecule has 0 radical (unpaired) electrons. The number of fused-ring (bicyclic) bond motifs is 2. The molecule has 0 saturated carbocycles. The van der Waals surface area contributed by atoms with Crippen molar-refractivity contribution in [3.8, 4) is 0 Å². The van der Waals surface area contributed by atoms with Crippen molar-refractivity contribution in [2.45, 2.75) is 31.5 Å². The topological polar surface area (TPSA) is 67.0 Å². The molecule has 0 aliphatic carbocycles. The Morgan fingerprint density at radius 1 is 1.36 bits per heavy atom. The van der Waals surface area contributed by atoms with Crippen molar-refractivity contribution in [3.63, 3.8) is 0 Å².